The highest BCUT2D eigenvalue weighted by molar-refractivity contribution is 5.66. The Bertz CT molecular complexity index is 565. The zero-order valence-corrected chi connectivity index (χ0v) is 11.7. The van der Waals surface area contributed by atoms with Crippen molar-refractivity contribution in [1.29, 1.82) is 0 Å². The van der Waals surface area contributed by atoms with E-state index in [1.807, 2.05) is 6.20 Å². The van der Waals surface area contributed by atoms with Crippen LogP contribution in [0.15, 0.2) is 30.6 Å². The number of aryl methyl sites for hydroxylation is 2. The van der Waals surface area contributed by atoms with E-state index >= 15 is 0 Å². The molecule has 0 amide bonds. The van der Waals surface area contributed by atoms with Crippen molar-refractivity contribution in [3.63, 3.8) is 0 Å². The molecule has 1 aliphatic heterocycles. The molecule has 1 aromatic carbocycles. The Kier molecular flexibility index (Phi) is 3.38. The predicted molar refractivity (Wildman–Crippen MR) is 78.3 cm³/mol. The van der Waals surface area contributed by atoms with Gasteiger partial charge in [0.15, 0.2) is 0 Å². The second kappa shape index (κ2) is 5.17. The predicted octanol–water partition coefficient (Wildman–Crippen LogP) is 3.09. The topological polar surface area (TPSA) is 29.9 Å². The average molecular weight is 255 g/mol. The molecule has 1 aliphatic rings. The number of benzene rings is 1. The summed E-state index contributed by atoms with van der Waals surface area (Å²) in [5.74, 6) is 0. The second-order valence-electron chi connectivity index (χ2n) is 5.51. The number of rotatable bonds is 2. The van der Waals surface area contributed by atoms with E-state index in [9.17, 15) is 0 Å². The van der Waals surface area contributed by atoms with E-state index in [1.165, 1.54) is 35.1 Å². The molecule has 3 nitrogen and oxygen atoms in total. The van der Waals surface area contributed by atoms with Gasteiger partial charge in [0.05, 0.1) is 12.2 Å². The van der Waals surface area contributed by atoms with Crippen LogP contribution in [-0.4, -0.2) is 22.9 Å². The first kappa shape index (κ1) is 12.4. The number of nitrogens with zero attached hydrogens (tertiary/aromatic N) is 2. The summed E-state index contributed by atoms with van der Waals surface area (Å²) in [5, 5.41) is 7.97. The van der Waals surface area contributed by atoms with Gasteiger partial charge in [-0.2, -0.15) is 5.10 Å². The van der Waals surface area contributed by atoms with E-state index in [1.54, 1.807) is 0 Å². The van der Waals surface area contributed by atoms with E-state index in [0.717, 1.165) is 13.1 Å². The van der Waals surface area contributed by atoms with Crippen molar-refractivity contribution in [3.8, 4) is 11.1 Å². The van der Waals surface area contributed by atoms with Crippen LogP contribution in [0.1, 0.15) is 30.0 Å². The van der Waals surface area contributed by atoms with Gasteiger partial charge in [0.1, 0.15) is 0 Å². The van der Waals surface area contributed by atoms with Crippen molar-refractivity contribution in [2.45, 2.75) is 32.7 Å². The molecular weight excluding hydrogens is 234 g/mol. The fraction of sp³-hybridized carbons (Fsp3) is 0.438. The molecule has 0 aliphatic carbocycles. The largest absolute Gasteiger partial charge is 0.317 e. The minimum atomic E-state index is 0.556. The summed E-state index contributed by atoms with van der Waals surface area (Å²) in [4.78, 5) is 0. The molecular formula is C16H21N3. The van der Waals surface area contributed by atoms with Crippen molar-refractivity contribution in [1.82, 2.24) is 15.1 Å². The lowest BCUT2D eigenvalue weighted by molar-refractivity contribution is 0.343. The normalized spacial score (nSPS) is 16.7. The third kappa shape index (κ3) is 2.56. The molecule has 1 N–H and O–H groups in total. The van der Waals surface area contributed by atoms with Crippen LogP contribution >= 0.6 is 0 Å². The molecule has 1 fully saturated rings. The van der Waals surface area contributed by atoms with Crippen molar-refractivity contribution < 1.29 is 0 Å². The third-order valence-electron chi connectivity index (χ3n) is 3.98. The van der Waals surface area contributed by atoms with Crippen molar-refractivity contribution in [2.75, 3.05) is 13.1 Å². The maximum Gasteiger partial charge on any atom is 0.0568 e. The fourth-order valence-electron chi connectivity index (χ4n) is 2.89. The third-order valence-corrected chi connectivity index (χ3v) is 3.98. The lowest BCUT2D eigenvalue weighted by atomic mass is 10.0. The lowest BCUT2D eigenvalue weighted by Gasteiger charge is -2.22. The summed E-state index contributed by atoms with van der Waals surface area (Å²) in [6.07, 6.45) is 6.55. The van der Waals surface area contributed by atoms with Crippen LogP contribution in [0.5, 0.6) is 0 Å². The molecule has 0 bridgehead atoms. The van der Waals surface area contributed by atoms with Crippen molar-refractivity contribution in [2.24, 2.45) is 0 Å². The highest BCUT2D eigenvalue weighted by Crippen LogP contribution is 2.26. The van der Waals surface area contributed by atoms with Gasteiger partial charge in [-0.3, -0.25) is 4.68 Å². The SMILES string of the molecule is Cc1ccc(-c2cnn(C3CCNCC3)c2)c(C)c1. The molecule has 3 heteroatoms. The van der Waals surface area contributed by atoms with Crippen LogP contribution in [0, 0.1) is 13.8 Å². The van der Waals surface area contributed by atoms with Crippen LogP contribution in [0.25, 0.3) is 11.1 Å². The molecule has 0 saturated carbocycles. The summed E-state index contributed by atoms with van der Waals surface area (Å²) in [6, 6.07) is 7.16. The van der Waals surface area contributed by atoms with Crippen molar-refractivity contribution >= 4 is 0 Å². The lowest BCUT2D eigenvalue weighted by Crippen LogP contribution is -2.29. The molecule has 0 radical (unpaired) electrons. The number of hydrogen-bond acceptors (Lipinski definition) is 2. The van der Waals surface area contributed by atoms with E-state index in [-0.39, 0.29) is 0 Å². The number of aromatic nitrogens is 2. The minimum Gasteiger partial charge on any atom is -0.317 e. The van der Waals surface area contributed by atoms with Crippen LogP contribution in [0.4, 0.5) is 0 Å². The summed E-state index contributed by atoms with van der Waals surface area (Å²) in [7, 11) is 0. The van der Waals surface area contributed by atoms with Gasteiger partial charge in [-0.25, -0.2) is 0 Å². The van der Waals surface area contributed by atoms with Crippen molar-refractivity contribution in [3.05, 3.63) is 41.7 Å². The summed E-state index contributed by atoms with van der Waals surface area (Å²) < 4.78 is 2.15. The van der Waals surface area contributed by atoms with Crippen LogP contribution in [-0.2, 0) is 0 Å². The maximum atomic E-state index is 4.57. The van der Waals surface area contributed by atoms with Gasteiger partial charge >= 0.3 is 0 Å². The molecule has 2 aromatic rings. The standard InChI is InChI=1S/C16H21N3/c1-12-3-4-16(13(2)9-12)14-10-18-19(11-14)15-5-7-17-8-6-15/h3-4,9-11,15,17H,5-8H2,1-2H3. The van der Waals surface area contributed by atoms with E-state index in [4.69, 9.17) is 0 Å². The van der Waals surface area contributed by atoms with Gasteiger partial charge in [-0.15, -0.1) is 0 Å². The van der Waals surface area contributed by atoms with E-state index in [2.05, 4.69) is 53.3 Å². The number of nitrogens with one attached hydrogen (secondary N) is 1. The van der Waals surface area contributed by atoms with Gasteiger partial charge in [-0.05, 0) is 50.9 Å². The average Bonchev–Trinajstić information content (AvgIpc) is 2.89. The monoisotopic (exact) mass is 255 g/mol. The zero-order valence-electron chi connectivity index (χ0n) is 11.7. The quantitative estimate of drug-likeness (QED) is 0.893. The highest BCUT2D eigenvalue weighted by atomic mass is 15.3. The van der Waals surface area contributed by atoms with Crippen LogP contribution < -0.4 is 5.32 Å². The van der Waals surface area contributed by atoms with E-state index in [0.29, 0.717) is 6.04 Å². The first-order valence-corrected chi connectivity index (χ1v) is 7.06. The Morgan fingerprint density at radius 1 is 1.21 bits per heavy atom. The smallest absolute Gasteiger partial charge is 0.0568 e. The summed E-state index contributed by atoms with van der Waals surface area (Å²) in [6.45, 7) is 6.51. The van der Waals surface area contributed by atoms with Crippen LogP contribution in [0.2, 0.25) is 0 Å². The second-order valence-corrected chi connectivity index (χ2v) is 5.51. The summed E-state index contributed by atoms with van der Waals surface area (Å²) in [5.41, 5.74) is 5.17. The first-order valence-electron chi connectivity index (χ1n) is 7.06. The molecule has 0 unspecified atom stereocenters. The van der Waals surface area contributed by atoms with Gasteiger partial charge in [0.2, 0.25) is 0 Å². The number of hydrogen-bond donors (Lipinski definition) is 1. The minimum absolute atomic E-state index is 0.556. The molecule has 1 aromatic heterocycles. The highest BCUT2D eigenvalue weighted by Gasteiger charge is 2.16. The summed E-state index contributed by atoms with van der Waals surface area (Å²) >= 11 is 0. The molecule has 0 spiro atoms. The molecule has 19 heavy (non-hydrogen) atoms. The Balaban J connectivity index is 1.87. The zero-order chi connectivity index (χ0) is 13.2. The Labute approximate surface area is 114 Å². The maximum absolute atomic E-state index is 4.57. The Morgan fingerprint density at radius 3 is 2.74 bits per heavy atom. The van der Waals surface area contributed by atoms with Gasteiger partial charge in [0, 0.05) is 11.8 Å². The van der Waals surface area contributed by atoms with Gasteiger partial charge < -0.3 is 5.32 Å². The molecule has 0 atom stereocenters. The molecule has 3 rings (SSSR count). The molecule has 100 valence electrons. The fourth-order valence-corrected chi connectivity index (χ4v) is 2.89. The van der Waals surface area contributed by atoms with Gasteiger partial charge in [0.25, 0.3) is 0 Å². The van der Waals surface area contributed by atoms with Gasteiger partial charge in [-0.1, -0.05) is 23.8 Å². The number of piperidine rings is 1. The Morgan fingerprint density at radius 2 is 2.00 bits per heavy atom. The first-order chi connectivity index (χ1) is 9.24. The van der Waals surface area contributed by atoms with E-state index < -0.39 is 0 Å². The molecule has 2 heterocycles. The van der Waals surface area contributed by atoms with Crippen LogP contribution in [0.3, 0.4) is 0 Å². The molecule has 1 saturated heterocycles. The Hall–Kier alpha value is -1.61.